The molecule has 0 aliphatic carbocycles. The maximum absolute atomic E-state index is 11.7. The second-order valence-electron chi connectivity index (χ2n) is 5.27. The van der Waals surface area contributed by atoms with Crippen LogP contribution in [0.2, 0.25) is 0 Å². The van der Waals surface area contributed by atoms with Crippen molar-refractivity contribution in [3.05, 3.63) is 0 Å². The van der Waals surface area contributed by atoms with Crippen molar-refractivity contribution in [2.75, 3.05) is 13.7 Å². The Labute approximate surface area is 110 Å². The molecule has 1 N–H and O–H groups in total. The summed E-state index contributed by atoms with van der Waals surface area (Å²) in [7, 11) is 1.65. The zero-order valence-electron chi connectivity index (χ0n) is 11.1. The zero-order valence-corrected chi connectivity index (χ0v) is 11.9. The average Bonchev–Trinajstić information content (AvgIpc) is 2.63. The minimum atomic E-state index is -0.418. The van der Waals surface area contributed by atoms with E-state index in [1.165, 1.54) is 0 Å². The number of esters is 1. The molecule has 4 nitrogen and oxygen atoms in total. The Bertz CT molecular complexity index is 234. The SMILES string of the molecule is CO[C@@H](CC(=O)OC(C)(C)C)C1CCCN1.Cl. The fourth-order valence-electron chi connectivity index (χ4n) is 1.97. The third-order valence-corrected chi connectivity index (χ3v) is 2.64. The Morgan fingerprint density at radius 1 is 1.47 bits per heavy atom. The van der Waals surface area contributed by atoms with E-state index in [4.69, 9.17) is 9.47 Å². The fourth-order valence-corrected chi connectivity index (χ4v) is 1.97. The first-order valence-corrected chi connectivity index (χ1v) is 5.90. The van der Waals surface area contributed by atoms with Gasteiger partial charge in [-0.25, -0.2) is 0 Å². The number of carbonyl (C=O) groups excluding carboxylic acids is 1. The second-order valence-corrected chi connectivity index (χ2v) is 5.27. The molecule has 1 unspecified atom stereocenters. The molecule has 1 aliphatic heterocycles. The summed E-state index contributed by atoms with van der Waals surface area (Å²) >= 11 is 0. The number of halogens is 1. The Kier molecular flexibility index (Phi) is 7.05. The summed E-state index contributed by atoms with van der Waals surface area (Å²) < 4.78 is 10.6. The molecule has 2 atom stereocenters. The molecule has 1 saturated heterocycles. The molecule has 1 heterocycles. The molecule has 1 rings (SSSR count). The van der Waals surface area contributed by atoms with Crippen molar-refractivity contribution in [2.45, 2.75) is 57.8 Å². The van der Waals surface area contributed by atoms with E-state index in [0.717, 1.165) is 19.4 Å². The van der Waals surface area contributed by atoms with E-state index >= 15 is 0 Å². The highest BCUT2D eigenvalue weighted by Crippen LogP contribution is 2.17. The van der Waals surface area contributed by atoms with E-state index in [2.05, 4.69) is 5.32 Å². The summed E-state index contributed by atoms with van der Waals surface area (Å²) in [5.74, 6) is -0.187. The summed E-state index contributed by atoms with van der Waals surface area (Å²) in [6.45, 7) is 6.64. The van der Waals surface area contributed by atoms with Gasteiger partial charge in [-0.05, 0) is 40.2 Å². The lowest BCUT2D eigenvalue weighted by molar-refractivity contribution is -0.158. The quantitative estimate of drug-likeness (QED) is 0.789. The first-order valence-electron chi connectivity index (χ1n) is 5.90. The largest absolute Gasteiger partial charge is 0.460 e. The van der Waals surface area contributed by atoms with Gasteiger partial charge in [-0.3, -0.25) is 4.79 Å². The van der Waals surface area contributed by atoms with Crippen LogP contribution in [0.25, 0.3) is 0 Å². The van der Waals surface area contributed by atoms with E-state index in [-0.39, 0.29) is 30.5 Å². The van der Waals surface area contributed by atoms with Crippen LogP contribution in [0.1, 0.15) is 40.0 Å². The fraction of sp³-hybridized carbons (Fsp3) is 0.917. The summed E-state index contributed by atoms with van der Waals surface area (Å²) in [5.41, 5.74) is -0.418. The lowest BCUT2D eigenvalue weighted by atomic mass is 10.1. The summed E-state index contributed by atoms with van der Waals surface area (Å²) in [6, 6.07) is 0.289. The van der Waals surface area contributed by atoms with E-state index < -0.39 is 5.60 Å². The van der Waals surface area contributed by atoms with Crippen LogP contribution in [0.5, 0.6) is 0 Å². The third kappa shape index (κ3) is 6.24. The van der Waals surface area contributed by atoms with Crippen molar-refractivity contribution in [1.29, 1.82) is 0 Å². The first-order chi connectivity index (χ1) is 7.42. The van der Waals surface area contributed by atoms with Crippen molar-refractivity contribution in [3.8, 4) is 0 Å². The molecule has 0 saturated carbocycles. The Morgan fingerprint density at radius 2 is 2.12 bits per heavy atom. The lowest BCUT2D eigenvalue weighted by Gasteiger charge is -2.24. The molecule has 1 aliphatic rings. The predicted octanol–water partition coefficient (Wildman–Crippen LogP) is 1.91. The number of carbonyl (C=O) groups is 1. The highest BCUT2D eigenvalue weighted by atomic mass is 35.5. The van der Waals surface area contributed by atoms with Gasteiger partial charge in [0.05, 0.1) is 12.5 Å². The maximum Gasteiger partial charge on any atom is 0.309 e. The van der Waals surface area contributed by atoms with Gasteiger partial charge in [-0.1, -0.05) is 0 Å². The molecule has 1 fully saturated rings. The van der Waals surface area contributed by atoms with Gasteiger partial charge in [0.15, 0.2) is 0 Å². The highest BCUT2D eigenvalue weighted by molar-refractivity contribution is 5.85. The maximum atomic E-state index is 11.7. The van der Waals surface area contributed by atoms with Crippen LogP contribution in [0.4, 0.5) is 0 Å². The van der Waals surface area contributed by atoms with Gasteiger partial charge in [0.25, 0.3) is 0 Å². The summed E-state index contributed by atoms with van der Waals surface area (Å²) in [5, 5.41) is 3.34. The van der Waals surface area contributed by atoms with Gasteiger partial charge in [0.2, 0.25) is 0 Å². The van der Waals surface area contributed by atoms with Crippen molar-refractivity contribution in [3.63, 3.8) is 0 Å². The smallest absolute Gasteiger partial charge is 0.309 e. The molecular formula is C12H24ClNO3. The van der Waals surface area contributed by atoms with E-state index in [9.17, 15) is 4.79 Å². The van der Waals surface area contributed by atoms with Crippen molar-refractivity contribution in [1.82, 2.24) is 5.32 Å². The molecule has 0 radical (unpaired) electrons. The van der Waals surface area contributed by atoms with Gasteiger partial charge in [-0.2, -0.15) is 0 Å². The number of rotatable bonds is 4. The molecular weight excluding hydrogens is 242 g/mol. The van der Waals surface area contributed by atoms with Crippen LogP contribution in [0.3, 0.4) is 0 Å². The minimum Gasteiger partial charge on any atom is -0.460 e. The van der Waals surface area contributed by atoms with Gasteiger partial charge in [0, 0.05) is 13.2 Å². The molecule has 0 amide bonds. The molecule has 0 aromatic rings. The molecule has 0 bridgehead atoms. The van der Waals surface area contributed by atoms with Crippen molar-refractivity contribution >= 4 is 18.4 Å². The second kappa shape index (κ2) is 7.19. The number of hydrogen-bond donors (Lipinski definition) is 1. The summed E-state index contributed by atoms with van der Waals surface area (Å²) in [6.07, 6.45) is 2.48. The van der Waals surface area contributed by atoms with Crippen molar-refractivity contribution in [2.24, 2.45) is 0 Å². The molecule has 0 aromatic heterocycles. The Hall–Kier alpha value is -0.320. The van der Waals surface area contributed by atoms with E-state index in [1.807, 2.05) is 20.8 Å². The molecule has 0 spiro atoms. The van der Waals surface area contributed by atoms with Crippen LogP contribution in [-0.2, 0) is 14.3 Å². The first kappa shape index (κ1) is 16.7. The topological polar surface area (TPSA) is 47.6 Å². The molecule has 0 aromatic carbocycles. The van der Waals surface area contributed by atoms with Gasteiger partial charge in [0.1, 0.15) is 5.60 Å². The van der Waals surface area contributed by atoms with Gasteiger partial charge >= 0.3 is 5.97 Å². The van der Waals surface area contributed by atoms with Gasteiger partial charge < -0.3 is 14.8 Å². The van der Waals surface area contributed by atoms with Crippen LogP contribution in [0, 0.1) is 0 Å². The number of nitrogens with one attached hydrogen (secondary N) is 1. The number of ether oxygens (including phenoxy) is 2. The minimum absolute atomic E-state index is 0. The zero-order chi connectivity index (χ0) is 12.2. The van der Waals surface area contributed by atoms with Crippen LogP contribution in [0.15, 0.2) is 0 Å². The highest BCUT2D eigenvalue weighted by Gasteiger charge is 2.28. The molecule has 5 heteroatoms. The number of methoxy groups -OCH3 is 1. The third-order valence-electron chi connectivity index (χ3n) is 2.64. The van der Waals surface area contributed by atoms with E-state index in [1.54, 1.807) is 7.11 Å². The summed E-state index contributed by atoms with van der Waals surface area (Å²) in [4.78, 5) is 11.7. The molecule has 102 valence electrons. The standard InChI is InChI=1S/C12H23NO3.ClH/c1-12(2,3)16-11(14)8-10(15-4)9-6-5-7-13-9;/h9-10,13H,5-8H2,1-4H3;1H/t9?,10-;/m0./s1. The van der Waals surface area contributed by atoms with Crippen LogP contribution < -0.4 is 5.32 Å². The van der Waals surface area contributed by atoms with Crippen LogP contribution >= 0.6 is 12.4 Å². The Balaban J connectivity index is 0.00000256. The molecule has 17 heavy (non-hydrogen) atoms. The Morgan fingerprint density at radius 3 is 2.53 bits per heavy atom. The predicted molar refractivity (Wildman–Crippen MR) is 69.5 cm³/mol. The average molecular weight is 266 g/mol. The van der Waals surface area contributed by atoms with Crippen molar-refractivity contribution < 1.29 is 14.3 Å². The van der Waals surface area contributed by atoms with Gasteiger partial charge in [-0.15, -0.1) is 12.4 Å². The monoisotopic (exact) mass is 265 g/mol. The number of hydrogen-bond acceptors (Lipinski definition) is 4. The lowest BCUT2D eigenvalue weighted by Crippen LogP contribution is -2.39. The van der Waals surface area contributed by atoms with E-state index in [0.29, 0.717) is 6.42 Å². The normalized spacial score (nSPS) is 21.8. The van der Waals surface area contributed by atoms with Crippen LogP contribution in [-0.4, -0.2) is 37.4 Å².